The zero-order valence-electron chi connectivity index (χ0n) is 11.6. The SMILES string of the molecule is Cc1ccc([N+](=O)[O-])cc1S(=O)(=O)NC(CO)c1ncc[nH]1. The lowest BCUT2D eigenvalue weighted by atomic mass is 10.2. The first-order valence-corrected chi connectivity index (χ1v) is 7.71. The molecule has 0 spiro atoms. The number of benzene rings is 1. The van der Waals surface area contributed by atoms with Crippen LogP contribution in [0.25, 0.3) is 0 Å². The molecule has 1 aromatic heterocycles. The molecule has 1 heterocycles. The Balaban J connectivity index is 2.38. The highest BCUT2D eigenvalue weighted by Gasteiger charge is 2.25. The van der Waals surface area contributed by atoms with E-state index in [1.54, 1.807) is 0 Å². The molecule has 22 heavy (non-hydrogen) atoms. The molecule has 0 saturated heterocycles. The smallest absolute Gasteiger partial charge is 0.270 e. The average Bonchev–Trinajstić information content (AvgIpc) is 2.98. The van der Waals surface area contributed by atoms with Crippen LogP contribution >= 0.6 is 0 Å². The van der Waals surface area contributed by atoms with Crippen molar-refractivity contribution in [2.45, 2.75) is 17.9 Å². The first kappa shape index (κ1) is 16.1. The predicted molar refractivity (Wildman–Crippen MR) is 76.6 cm³/mol. The van der Waals surface area contributed by atoms with Crippen LogP contribution in [0, 0.1) is 17.0 Å². The largest absolute Gasteiger partial charge is 0.394 e. The lowest BCUT2D eigenvalue weighted by molar-refractivity contribution is -0.385. The van der Waals surface area contributed by atoms with Gasteiger partial charge in [0.1, 0.15) is 11.9 Å². The van der Waals surface area contributed by atoms with Crippen LogP contribution in [0.3, 0.4) is 0 Å². The number of nitrogens with one attached hydrogen (secondary N) is 2. The highest BCUT2D eigenvalue weighted by atomic mass is 32.2. The first-order valence-electron chi connectivity index (χ1n) is 6.22. The number of imidazole rings is 1. The number of nitro groups is 1. The Labute approximate surface area is 126 Å². The van der Waals surface area contributed by atoms with Crippen LogP contribution in [-0.4, -0.2) is 35.0 Å². The quantitative estimate of drug-likeness (QED) is 0.526. The number of hydrogen-bond donors (Lipinski definition) is 3. The fraction of sp³-hybridized carbons (Fsp3) is 0.250. The minimum Gasteiger partial charge on any atom is -0.394 e. The number of aliphatic hydroxyl groups excluding tert-OH is 1. The molecule has 0 aliphatic rings. The summed E-state index contributed by atoms with van der Waals surface area (Å²) in [5.74, 6) is 0.245. The molecule has 3 N–H and O–H groups in total. The van der Waals surface area contributed by atoms with Crippen molar-refractivity contribution in [1.29, 1.82) is 0 Å². The molecule has 0 aliphatic heterocycles. The van der Waals surface area contributed by atoms with Gasteiger partial charge < -0.3 is 10.1 Å². The Bertz CT molecular complexity index is 773. The molecule has 118 valence electrons. The van der Waals surface area contributed by atoms with Crippen molar-refractivity contribution in [2.24, 2.45) is 0 Å². The number of non-ortho nitro benzene ring substituents is 1. The van der Waals surface area contributed by atoms with Gasteiger partial charge in [-0.15, -0.1) is 0 Å². The van der Waals surface area contributed by atoms with Crippen molar-refractivity contribution in [1.82, 2.24) is 14.7 Å². The van der Waals surface area contributed by atoms with Crippen molar-refractivity contribution >= 4 is 15.7 Å². The van der Waals surface area contributed by atoms with Crippen LogP contribution in [0.1, 0.15) is 17.4 Å². The van der Waals surface area contributed by atoms with Crippen LogP contribution in [0.2, 0.25) is 0 Å². The van der Waals surface area contributed by atoms with E-state index < -0.39 is 27.6 Å². The standard InChI is InChI=1S/C12H14N4O5S/c1-8-2-3-9(16(18)19)6-11(8)22(20,21)15-10(7-17)12-13-4-5-14-12/h2-6,10,15,17H,7H2,1H3,(H,13,14). The van der Waals surface area contributed by atoms with E-state index in [4.69, 9.17) is 0 Å². The van der Waals surface area contributed by atoms with Gasteiger partial charge in [0.2, 0.25) is 10.0 Å². The summed E-state index contributed by atoms with van der Waals surface area (Å²) in [6, 6.07) is 2.59. The van der Waals surface area contributed by atoms with E-state index in [1.165, 1.54) is 31.5 Å². The lowest BCUT2D eigenvalue weighted by Gasteiger charge is -2.15. The molecule has 0 radical (unpaired) electrons. The molecule has 1 atom stereocenters. The fourth-order valence-electron chi connectivity index (χ4n) is 1.89. The third-order valence-electron chi connectivity index (χ3n) is 3.00. The molecular weight excluding hydrogens is 312 g/mol. The second kappa shape index (κ2) is 6.22. The molecule has 10 heteroatoms. The van der Waals surface area contributed by atoms with Crippen LogP contribution < -0.4 is 4.72 Å². The summed E-state index contributed by atoms with van der Waals surface area (Å²) in [6.45, 7) is 1.01. The van der Waals surface area contributed by atoms with Crippen LogP contribution in [0.4, 0.5) is 5.69 Å². The maximum atomic E-state index is 12.4. The monoisotopic (exact) mass is 326 g/mol. The first-order chi connectivity index (χ1) is 10.3. The second-order valence-corrected chi connectivity index (χ2v) is 6.22. The molecule has 0 saturated carbocycles. The Morgan fingerprint density at radius 3 is 2.77 bits per heavy atom. The minimum atomic E-state index is -4.06. The van der Waals surface area contributed by atoms with E-state index in [-0.39, 0.29) is 16.4 Å². The predicted octanol–water partition coefficient (Wildman–Crippen LogP) is 0.638. The molecule has 1 aromatic carbocycles. The highest BCUT2D eigenvalue weighted by Crippen LogP contribution is 2.23. The van der Waals surface area contributed by atoms with E-state index in [1.807, 2.05) is 0 Å². The van der Waals surface area contributed by atoms with Crippen LogP contribution in [-0.2, 0) is 10.0 Å². The third kappa shape index (κ3) is 3.30. The van der Waals surface area contributed by atoms with E-state index in [2.05, 4.69) is 14.7 Å². The summed E-state index contributed by atoms with van der Waals surface area (Å²) >= 11 is 0. The lowest BCUT2D eigenvalue weighted by Crippen LogP contribution is -2.32. The summed E-state index contributed by atoms with van der Waals surface area (Å²) in [7, 11) is -4.06. The van der Waals surface area contributed by atoms with Gasteiger partial charge in [-0.25, -0.2) is 13.4 Å². The summed E-state index contributed by atoms with van der Waals surface area (Å²) in [6.07, 6.45) is 2.91. The van der Waals surface area contributed by atoms with Crippen LogP contribution in [0.15, 0.2) is 35.5 Å². The van der Waals surface area contributed by atoms with E-state index in [0.717, 1.165) is 6.07 Å². The Morgan fingerprint density at radius 2 is 2.23 bits per heavy atom. The molecule has 9 nitrogen and oxygen atoms in total. The van der Waals surface area contributed by atoms with Gasteiger partial charge in [0.05, 0.1) is 16.4 Å². The van der Waals surface area contributed by atoms with Gasteiger partial charge in [-0.05, 0) is 12.5 Å². The molecule has 0 bridgehead atoms. The van der Waals surface area contributed by atoms with Gasteiger partial charge in [-0.1, -0.05) is 6.07 Å². The highest BCUT2D eigenvalue weighted by molar-refractivity contribution is 7.89. The summed E-state index contributed by atoms with van der Waals surface area (Å²) in [5, 5.41) is 20.1. The molecule has 2 aromatic rings. The summed E-state index contributed by atoms with van der Waals surface area (Å²) < 4.78 is 27.1. The fourth-order valence-corrected chi connectivity index (χ4v) is 3.35. The van der Waals surface area contributed by atoms with Gasteiger partial charge in [0.15, 0.2) is 0 Å². The number of aliphatic hydroxyl groups is 1. The van der Waals surface area contributed by atoms with Gasteiger partial charge in [-0.2, -0.15) is 4.72 Å². The maximum absolute atomic E-state index is 12.4. The van der Waals surface area contributed by atoms with Gasteiger partial charge in [-0.3, -0.25) is 10.1 Å². The van der Waals surface area contributed by atoms with Gasteiger partial charge >= 0.3 is 0 Å². The number of sulfonamides is 1. The topological polar surface area (TPSA) is 138 Å². The van der Waals surface area contributed by atoms with E-state index in [0.29, 0.717) is 5.56 Å². The molecule has 1 unspecified atom stereocenters. The van der Waals surface area contributed by atoms with Gasteiger partial charge in [0.25, 0.3) is 5.69 Å². The molecule has 0 aliphatic carbocycles. The van der Waals surface area contributed by atoms with Crippen molar-refractivity contribution in [3.05, 3.63) is 52.1 Å². The minimum absolute atomic E-state index is 0.216. The number of hydrogen-bond acceptors (Lipinski definition) is 6. The van der Waals surface area contributed by atoms with Crippen molar-refractivity contribution in [3.8, 4) is 0 Å². The number of aryl methyl sites for hydroxylation is 1. The van der Waals surface area contributed by atoms with E-state index >= 15 is 0 Å². The number of nitrogens with zero attached hydrogens (tertiary/aromatic N) is 2. The molecule has 0 amide bonds. The number of aromatic amines is 1. The number of H-pyrrole nitrogens is 1. The Hall–Kier alpha value is -2.30. The maximum Gasteiger partial charge on any atom is 0.270 e. The molecule has 2 rings (SSSR count). The zero-order chi connectivity index (χ0) is 16.3. The Kier molecular flexibility index (Phi) is 4.54. The molecular formula is C12H14N4O5S. The number of nitro benzene ring substituents is 1. The number of aromatic nitrogens is 2. The van der Waals surface area contributed by atoms with Crippen molar-refractivity contribution < 1.29 is 18.4 Å². The summed E-state index contributed by atoms with van der Waals surface area (Å²) in [5.41, 5.74) is 0.0266. The van der Waals surface area contributed by atoms with Crippen molar-refractivity contribution in [3.63, 3.8) is 0 Å². The normalized spacial score (nSPS) is 13.0. The van der Waals surface area contributed by atoms with E-state index in [9.17, 15) is 23.6 Å². The molecule has 0 fully saturated rings. The average molecular weight is 326 g/mol. The van der Waals surface area contributed by atoms with Crippen molar-refractivity contribution in [2.75, 3.05) is 6.61 Å². The van der Waals surface area contributed by atoms with Gasteiger partial charge in [0, 0.05) is 24.5 Å². The number of rotatable bonds is 6. The Morgan fingerprint density at radius 1 is 1.50 bits per heavy atom. The second-order valence-electron chi connectivity index (χ2n) is 4.54. The van der Waals surface area contributed by atoms with Crippen LogP contribution in [0.5, 0.6) is 0 Å². The summed E-state index contributed by atoms with van der Waals surface area (Å²) in [4.78, 5) is 16.5. The zero-order valence-corrected chi connectivity index (χ0v) is 12.4. The third-order valence-corrected chi connectivity index (χ3v) is 4.62.